The molecule has 0 atom stereocenters. The number of nitrogens with one attached hydrogen (secondary N) is 1. The fourth-order valence-corrected chi connectivity index (χ4v) is 2.54. The first kappa shape index (κ1) is 18.4. The van der Waals surface area contributed by atoms with Gasteiger partial charge in [0.05, 0.1) is 18.7 Å². The maximum Gasteiger partial charge on any atom is 0.266 e. The first-order valence-corrected chi connectivity index (χ1v) is 8.36. The molecule has 2 aromatic carbocycles. The van der Waals surface area contributed by atoms with E-state index in [-0.39, 0.29) is 42.6 Å². The molecule has 3 rings (SSSR count). The van der Waals surface area contributed by atoms with Crippen molar-refractivity contribution in [3.8, 4) is 11.3 Å². The Kier molecular flexibility index (Phi) is 5.71. The van der Waals surface area contributed by atoms with E-state index in [2.05, 4.69) is 10.4 Å². The average molecular weight is 369 g/mol. The van der Waals surface area contributed by atoms with Crippen LogP contribution in [-0.2, 0) is 17.8 Å². The summed E-state index contributed by atoms with van der Waals surface area (Å²) in [4.78, 5) is 23.9. The van der Waals surface area contributed by atoms with Crippen LogP contribution in [0.2, 0.25) is 0 Å². The van der Waals surface area contributed by atoms with Crippen LogP contribution in [0.3, 0.4) is 0 Å². The van der Waals surface area contributed by atoms with Crippen LogP contribution in [0.4, 0.5) is 8.78 Å². The minimum atomic E-state index is -0.356. The first-order valence-electron chi connectivity index (χ1n) is 8.36. The van der Waals surface area contributed by atoms with Crippen LogP contribution in [0, 0.1) is 11.6 Å². The maximum absolute atomic E-state index is 13.0. The molecule has 0 aliphatic rings. The van der Waals surface area contributed by atoms with Crippen molar-refractivity contribution in [3.63, 3.8) is 0 Å². The van der Waals surface area contributed by atoms with Gasteiger partial charge in [0.15, 0.2) is 0 Å². The van der Waals surface area contributed by atoms with Crippen molar-refractivity contribution in [2.24, 2.45) is 0 Å². The van der Waals surface area contributed by atoms with Crippen molar-refractivity contribution in [3.05, 3.63) is 88.2 Å². The Morgan fingerprint density at radius 2 is 1.56 bits per heavy atom. The van der Waals surface area contributed by atoms with Crippen molar-refractivity contribution in [1.82, 2.24) is 15.1 Å². The van der Waals surface area contributed by atoms with Gasteiger partial charge in [-0.05, 0) is 48.0 Å². The molecule has 5 nitrogen and oxygen atoms in total. The highest BCUT2D eigenvalue weighted by atomic mass is 19.1. The molecule has 1 N–H and O–H groups in total. The highest BCUT2D eigenvalue weighted by Gasteiger charge is 2.06. The van der Waals surface area contributed by atoms with E-state index in [1.807, 2.05) is 0 Å². The van der Waals surface area contributed by atoms with Crippen molar-refractivity contribution in [1.29, 1.82) is 0 Å². The minimum Gasteiger partial charge on any atom is -0.354 e. The third kappa shape index (κ3) is 5.07. The molecule has 138 valence electrons. The van der Waals surface area contributed by atoms with E-state index >= 15 is 0 Å². The van der Waals surface area contributed by atoms with Gasteiger partial charge in [-0.3, -0.25) is 9.59 Å². The molecule has 1 amide bonds. The van der Waals surface area contributed by atoms with E-state index < -0.39 is 0 Å². The monoisotopic (exact) mass is 369 g/mol. The van der Waals surface area contributed by atoms with Gasteiger partial charge in [0.25, 0.3) is 5.56 Å². The summed E-state index contributed by atoms with van der Waals surface area (Å²) in [5, 5.41) is 6.96. The number of hydrogen-bond acceptors (Lipinski definition) is 3. The quantitative estimate of drug-likeness (QED) is 0.726. The summed E-state index contributed by atoms with van der Waals surface area (Å²) in [6, 6.07) is 14.4. The Morgan fingerprint density at radius 1 is 0.926 bits per heavy atom. The van der Waals surface area contributed by atoms with Gasteiger partial charge in [-0.2, -0.15) is 5.10 Å². The summed E-state index contributed by atoms with van der Waals surface area (Å²) in [5.74, 6) is -0.939. The molecular formula is C20H17F2N3O2. The van der Waals surface area contributed by atoms with Gasteiger partial charge in [-0.25, -0.2) is 13.5 Å². The number of aromatic nitrogens is 2. The molecule has 0 aliphatic carbocycles. The highest BCUT2D eigenvalue weighted by molar-refractivity contribution is 5.78. The number of nitrogens with zero attached hydrogens (tertiary/aromatic N) is 2. The molecule has 0 saturated carbocycles. The summed E-state index contributed by atoms with van der Waals surface area (Å²) in [5.41, 5.74) is 1.62. The second kappa shape index (κ2) is 8.35. The SMILES string of the molecule is O=C(Cc1ccc(F)cc1)NCCn1nc(-c2ccc(F)cc2)ccc1=O. The number of benzene rings is 2. The molecule has 0 unspecified atom stereocenters. The lowest BCUT2D eigenvalue weighted by atomic mass is 10.1. The predicted molar refractivity (Wildman–Crippen MR) is 97.0 cm³/mol. The van der Waals surface area contributed by atoms with Gasteiger partial charge in [-0.15, -0.1) is 0 Å². The fraction of sp³-hybridized carbons (Fsp3) is 0.150. The van der Waals surface area contributed by atoms with Crippen LogP contribution in [0.15, 0.2) is 65.5 Å². The van der Waals surface area contributed by atoms with Crippen molar-refractivity contribution < 1.29 is 13.6 Å². The zero-order valence-electron chi connectivity index (χ0n) is 14.4. The largest absolute Gasteiger partial charge is 0.354 e. The lowest BCUT2D eigenvalue weighted by Gasteiger charge is -2.09. The standard InChI is InChI=1S/C20H17F2N3O2/c21-16-5-1-14(2-6-16)13-19(26)23-11-12-25-20(27)10-9-18(24-25)15-3-7-17(22)8-4-15/h1-10H,11-13H2,(H,23,26). The molecule has 27 heavy (non-hydrogen) atoms. The molecule has 3 aromatic rings. The van der Waals surface area contributed by atoms with Gasteiger partial charge >= 0.3 is 0 Å². The lowest BCUT2D eigenvalue weighted by Crippen LogP contribution is -2.32. The molecular weight excluding hydrogens is 352 g/mol. The number of carbonyl (C=O) groups is 1. The van der Waals surface area contributed by atoms with Crippen LogP contribution in [0.1, 0.15) is 5.56 Å². The second-order valence-electron chi connectivity index (χ2n) is 5.94. The molecule has 1 aromatic heterocycles. The average Bonchev–Trinajstić information content (AvgIpc) is 2.66. The maximum atomic E-state index is 13.0. The fourth-order valence-electron chi connectivity index (χ4n) is 2.54. The Morgan fingerprint density at radius 3 is 2.22 bits per heavy atom. The van der Waals surface area contributed by atoms with Gasteiger partial charge in [0, 0.05) is 18.2 Å². The Balaban J connectivity index is 1.59. The Hall–Kier alpha value is -3.35. The van der Waals surface area contributed by atoms with Gasteiger partial charge in [0.1, 0.15) is 11.6 Å². The van der Waals surface area contributed by atoms with E-state index in [0.717, 1.165) is 0 Å². The summed E-state index contributed by atoms with van der Waals surface area (Å²) >= 11 is 0. The van der Waals surface area contributed by atoms with E-state index in [0.29, 0.717) is 16.8 Å². The zero-order valence-corrected chi connectivity index (χ0v) is 14.4. The van der Waals surface area contributed by atoms with Crippen molar-refractivity contribution in [2.45, 2.75) is 13.0 Å². The Labute approximate surface area is 154 Å². The van der Waals surface area contributed by atoms with Crippen LogP contribution in [0.25, 0.3) is 11.3 Å². The minimum absolute atomic E-state index is 0.123. The smallest absolute Gasteiger partial charge is 0.266 e. The summed E-state index contributed by atoms with van der Waals surface area (Å²) in [7, 11) is 0. The van der Waals surface area contributed by atoms with Gasteiger partial charge in [0.2, 0.25) is 5.91 Å². The second-order valence-corrected chi connectivity index (χ2v) is 5.94. The van der Waals surface area contributed by atoms with Crippen LogP contribution in [0.5, 0.6) is 0 Å². The molecule has 7 heteroatoms. The molecule has 1 heterocycles. The van der Waals surface area contributed by atoms with E-state index in [1.165, 1.54) is 35.0 Å². The number of halogens is 2. The number of carbonyl (C=O) groups excluding carboxylic acids is 1. The molecule has 0 saturated heterocycles. The third-order valence-electron chi connectivity index (χ3n) is 3.93. The third-order valence-corrected chi connectivity index (χ3v) is 3.93. The van der Waals surface area contributed by atoms with Crippen LogP contribution >= 0.6 is 0 Å². The van der Waals surface area contributed by atoms with Crippen molar-refractivity contribution in [2.75, 3.05) is 6.54 Å². The highest BCUT2D eigenvalue weighted by Crippen LogP contribution is 2.15. The molecule has 0 bridgehead atoms. The predicted octanol–water partition coefficient (Wildman–Crippen LogP) is 2.55. The Bertz CT molecular complexity index is 983. The summed E-state index contributed by atoms with van der Waals surface area (Å²) in [6.45, 7) is 0.419. The molecule has 0 spiro atoms. The number of amides is 1. The van der Waals surface area contributed by atoms with Crippen LogP contribution < -0.4 is 10.9 Å². The van der Waals surface area contributed by atoms with Crippen molar-refractivity contribution >= 4 is 5.91 Å². The lowest BCUT2D eigenvalue weighted by molar-refractivity contribution is -0.120. The zero-order chi connectivity index (χ0) is 19.2. The molecule has 0 aliphatic heterocycles. The summed E-state index contributed by atoms with van der Waals surface area (Å²) in [6.07, 6.45) is 0.123. The van der Waals surface area contributed by atoms with E-state index in [9.17, 15) is 18.4 Å². The topological polar surface area (TPSA) is 64.0 Å². The van der Waals surface area contributed by atoms with Crippen LogP contribution in [-0.4, -0.2) is 22.2 Å². The summed E-state index contributed by atoms with van der Waals surface area (Å²) < 4.78 is 27.1. The number of rotatable bonds is 6. The van der Waals surface area contributed by atoms with E-state index in [4.69, 9.17) is 0 Å². The number of hydrogen-bond donors (Lipinski definition) is 1. The normalized spacial score (nSPS) is 10.6. The van der Waals surface area contributed by atoms with Gasteiger partial charge in [-0.1, -0.05) is 12.1 Å². The molecule has 0 fully saturated rings. The van der Waals surface area contributed by atoms with Gasteiger partial charge < -0.3 is 5.32 Å². The first-order chi connectivity index (χ1) is 13.0. The van der Waals surface area contributed by atoms with E-state index in [1.54, 1.807) is 30.3 Å². The molecule has 0 radical (unpaired) electrons.